The number of benzene rings is 2. The van der Waals surface area contributed by atoms with Gasteiger partial charge in [-0.15, -0.1) is 6.58 Å². The Hall–Kier alpha value is -4.07. The standard InChI is InChI=1S/C22H23NO3.C2H2O4/c1-3-7-17-11-12-19(21(16-17)24-2)25-14-6-15-26-20-10-4-8-18-9-5-13-23-22(18)20;3-1(4)2(5)6/h3-5,8-13,16H,1,6-7,14-15H2,2H3;(H,3,4)(H,5,6). The van der Waals surface area contributed by atoms with Crippen LogP contribution >= 0.6 is 0 Å². The molecule has 32 heavy (non-hydrogen) atoms. The minimum atomic E-state index is -1.82. The van der Waals surface area contributed by atoms with Crippen LogP contribution in [0.4, 0.5) is 0 Å². The lowest BCUT2D eigenvalue weighted by atomic mass is 10.1. The van der Waals surface area contributed by atoms with Gasteiger partial charge in [0.2, 0.25) is 0 Å². The minimum Gasteiger partial charge on any atom is -0.493 e. The van der Waals surface area contributed by atoms with Crippen LogP contribution in [0.15, 0.2) is 67.4 Å². The largest absolute Gasteiger partial charge is 0.493 e. The van der Waals surface area contributed by atoms with Crippen molar-refractivity contribution in [1.29, 1.82) is 0 Å². The van der Waals surface area contributed by atoms with Gasteiger partial charge >= 0.3 is 11.9 Å². The van der Waals surface area contributed by atoms with Gasteiger partial charge < -0.3 is 24.4 Å². The van der Waals surface area contributed by atoms with Crippen molar-refractivity contribution >= 4 is 22.8 Å². The van der Waals surface area contributed by atoms with Crippen LogP contribution in [0, 0.1) is 0 Å². The zero-order valence-corrected chi connectivity index (χ0v) is 17.7. The van der Waals surface area contributed by atoms with Gasteiger partial charge in [0.1, 0.15) is 11.3 Å². The van der Waals surface area contributed by atoms with Gasteiger partial charge in [-0.1, -0.05) is 30.3 Å². The van der Waals surface area contributed by atoms with Crippen molar-refractivity contribution in [3.8, 4) is 17.2 Å². The Bertz CT molecular complexity index is 1050. The van der Waals surface area contributed by atoms with Crippen molar-refractivity contribution in [3.63, 3.8) is 0 Å². The van der Waals surface area contributed by atoms with Gasteiger partial charge in [0.05, 0.1) is 20.3 Å². The molecule has 1 aromatic heterocycles. The number of aromatic nitrogens is 1. The van der Waals surface area contributed by atoms with Crippen LogP contribution in [0.25, 0.3) is 10.9 Å². The molecule has 0 saturated heterocycles. The molecule has 0 radical (unpaired) electrons. The molecule has 0 atom stereocenters. The first kappa shape index (κ1) is 24.2. The number of rotatable bonds is 9. The SMILES string of the molecule is C=CCc1ccc(OCCCOc2cccc3cccnc23)c(OC)c1.O=C(O)C(=O)O. The maximum absolute atomic E-state index is 9.10. The molecule has 0 bridgehead atoms. The fraction of sp³-hybridized carbons (Fsp3) is 0.208. The molecular formula is C24H25NO7. The Morgan fingerprint density at radius 2 is 1.66 bits per heavy atom. The summed E-state index contributed by atoms with van der Waals surface area (Å²) in [4.78, 5) is 22.6. The molecule has 1 heterocycles. The van der Waals surface area contributed by atoms with Crippen LogP contribution in [-0.2, 0) is 16.0 Å². The van der Waals surface area contributed by atoms with Gasteiger partial charge in [0.25, 0.3) is 0 Å². The summed E-state index contributed by atoms with van der Waals surface area (Å²) < 4.78 is 17.1. The predicted octanol–water partition coefficient (Wildman–Crippen LogP) is 3.98. The van der Waals surface area contributed by atoms with Crippen LogP contribution in [0.3, 0.4) is 0 Å². The molecule has 2 aromatic carbocycles. The topological polar surface area (TPSA) is 115 Å². The highest BCUT2D eigenvalue weighted by molar-refractivity contribution is 6.27. The number of carbonyl (C=O) groups is 2. The number of ether oxygens (including phenoxy) is 3. The number of aliphatic carboxylic acids is 2. The third-order valence-electron chi connectivity index (χ3n) is 4.19. The molecule has 8 heteroatoms. The van der Waals surface area contributed by atoms with E-state index < -0.39 is 11.9 Å². The normalized spacial score (nSPS) is 9.91. The Balaban J connectivity index is 0.000000534. The molecule has 0 aliphatic carbocycles. The summed E-state index contributed by atoms with van der Waals surface area (Å²) in [6, 6.07) is 15.8. The van der Waals surface area contributed by atoms with Crippen LogP contribution in [0.1, 0.15) is 12.0 Å². The lowest BCUT2D eigenvalue weighted by molar-refractivity contribution is -0.159. The van der Waals surface area contributed by atoms with E-state index in [1.165, 1.54) is 0 Å². The first-order chi connectivity index (χ1) is 15.5. The van der Waals surface area contributed by atoms with E-state index in [2.05, 4.69) is 11.6 Å². The second-order valence-electron chi connectivity index (χ2n) is 6.47. The Morgan fingerprint density at radius 3 is 2.31 bits per heavy atom. The van der Waals surface area contributed by atoms with Gasteiger partial charge in [0.15, 0.2) is 11.5 Å². The highest BCUT2D eigenvalue weighted by Gasteiger charge is 2.06. The number of fused-ring (bicyclic) bond motifs is 1. The van der Waals surface area contributed by atoms with Crippen molar-refractivity contribution < 1.29 is 34.0 Å². The van der Waals surface area contributed by atoms with Crippen molar-refractivity contribution in [1.82, 2.24) is 4.98 Å². The summed E-state index contributed by atoms with van der Waals surface area (Å²) in [5.74, 6) is -1.37. The van der Waals surface area contributed by atoms with Gasteiger partial charge in [-0.25, -0.2) is 9.59 Å². The van der Waals surface area contributed by atoms with Crippen molar-refractivity contribution in [2.45, 2.75) is 12.8 Å². The quantitative estimate of drug-likeness (QED) is 0.292. The molecule has 168 valence electrons. The summed E-state index contributed by atoms with van der Waals surface area (Å²) in [5, 5.41) is 15.9. The summed E-state index contributed by atoms with van der Waals surface area (Å²) in [5.41, 5.74) is 2.03. The number of para-hydroxylation sites is 1. The van der Waals surface area contributed by atoms with Crippen LogP contribution < -0.4 is 14.2 Å². The van der Waals surface area contributed by atoms with Crippen LogP contribution in [-0.4, -0.2) is 47.5 Å². The third-order valence-corrected chi connectivity index (χ3v) is 4.19. The van der Waals surface area contributed by atoms with E-state index in [0.717, 1.165) is 46.6 Å². The van der Waals surface area contributed by atoms with Crippen molar-refractivity contribution in [3.05, 3.63) is 72.9 Å². The lowest BCUT2D eigenvalue weighted by Crippen LogP contribution is -2.09. The van der Waals surface area contributed by atoms with Crippen molar-refractivity contribution in [2.75, 3.05) is 20.3 Å². The number of methoxy groups -OCH3 is 1. The molecule has 0 spiro atoms. The maximum atomic E-state index is 9.10. The highest BCUT2D eigenvalue weighted by atomic mass is 16.5. The second-order valence-corrected chi connectivity index (χ2v) is 6.47. The molecule has 3 rings (SSSR count). The number of nitrogens with zero attached hydrogens (tertiary/aromatic N) is 1. The van der Waals surface area contributed by atoms with E-state index in [-0.39, 0.29) is 0 Å². The number of pyridine rings is 1. The zero-order chi connectivity index (χ0) is 23.3. The van der Waals surface area contributed by atoms with Crippen LogP contribution in [0.5, 0.6) is 17.2 Å². The Labute approximate surface area is 185 Å². The molecule has 0 fully saturated rings. The van der Waals surface area contributed by atoms with Crippen molar-refractivity contribution in [2.24, 2.45) is 0 Å². The average molecular weight is 439 g/mol. The van der Waals surface area contributed by atoms with E-state index in [0.29, 0.717) is 13.2 Å². The number of carboxylic acids is 2. The summed E-state index contributed by atoms with van der Waals surface area (Å²) in [6.45, 7) is 4.87. The molecular weight excluding hydrogens is 414 g/mol. The molecule has 8 nitrogen and oxygen atoms in total. The van der Waals surface area contributed by atoms with Gasteiger partial charge in [-0.3, -0.25) is 4.98 Å². The number of hydrogen-bond donors (Lipinski definition) is 2. The maximum Gasteiger partial charge on any atom is 0.414 e. The predicted molar refractivity (Wildman–Crippen MR) is 120 cm³/mol. The Morgan fingerprint density at radius 1 is 0.969 bits per heavy atom. The average Bonchev–Trinajstić information content (AvgIpc) is 2.80. The molecule has 0 aliphatic rings. The number of allylic oxidation sites excluding steroid dienone is 1. The number of hydrogen-bond acceptors (Lipinski definition) is 6. The zero-order valence-electron chi connectivity index (χ0n) is 17.7. The minimum absolute atomic E-state index is 0.551. The van der Waals surface area contributed by atoms with Gasteiger partial charge in [-0.05, 0) is 36.2 Å². The molecule has 0 saturated carbocycles. The lowest BCUT2D eigenvalue weighted by Gasteiger charge is -2.12. The van der Waals surface area contributed by atoms with E-state index in [1.54, 1.807) is 13.3 Å². The monoisotopic (exact) mass is 439 g/mol. The first-order valence-corrected chi connectivity index (χ1v) is 9.79. The third kappa shape index (κ3) is 7.32. The van der Waals surface area contributed by atoms with E-state index in [1.807, 2.05) is 54.6 Å². The second kappa shape index (κ2) is 12.6. The highest BCUT2D eigenvalue weighted by Crippen LogP contribution is 2.28. The number of carboxylic acid groups (broad SMARTS) is 2. The molecule has 0 amide bonds. The molecule has 3 aromatic rings. The summed E-state index contributed by atoms with van der Waals surface area (Å²) in [7, 11) is 1.65. The summed E-state index contributed by atoms with van der Waals surface area (Å²) >= 11 is 0. The van der Waals surface area contributed by atoms with E-state index in [9.17, 15) is 0 Å². The summed E-state index contributed by atoms with van der Waals surface area (Å²) in [6.07, 6.45) is 5.22. The van der Waals surface area contributed by atoms with E-state index in [4.69, 9.17) is 34.0 Å². The van der Waals surface area contributed by atoms with Gasteiger partial charge in [0, 0.05) is 18.0 Å². The Kier molecular flexibility index (Phi) is 9.52. The fourth-order valence-electron chi connectivity index (χ4n) is 2.74. The first-order valence-electron chi connectivity index (χ1n) is 9.79. The molecule has 2 N–H and O–H groups in total. The van der Waals surface area contributed by atoms with E-state index >= 15 is 0 Å². The fourth-order valence-corrected chi connectivity index (χ4v) is 2.74. The van der Waals surface area contributed by atoms with Crippen LogP contribution in [0.2, 0.25) is 0 Å². The smallest absolute Gasteiger partial charge is 0.414 e. The molecule has 0 aliphatic heterocycles. The molecule has 0 unspecified atom stereocenters. The van der Waals surface area contributed by atoms with Gasteiger partial charge in [-0.2, -0.15) is 0 Å².